The van der Waals surface area contributed by atoms with E-state index in [-0.39, 0.29) is 17.4 Å². The molecule has 106 valence electrons. The van der Waals surface area contributed by atoms with E-state index in [0.29, 0.717) is 5.75 Å². The quantitative estimate of drug-likeness (QED) is 0.912. The molecule has 1 aliphatic heterocycles. The Morgan fingerprint density at radius 2 is 2.16 bits per heavy atom. The van der Waals surface area contributed by atoms with Crippen molar-refractivity contribution in [3.05, 3.63) is 23.8 Å². The number of aromatic hydroxyl groups is 1. The number of hydrogen-bond donors (Lipinski definition) is 1. The summed E-state index contributed by atoms with van der Waals surface area (Å²) in [5, 5.41) is 10.1. The Morgan fingerprint density at radius 1 is 1.42 bits per heavy atom. The summed E-state index contributed by atoms with van der Waals surface area (Å²) >= 11 is 0. The van der Waals surface area contributed by atoms with Crippen molar-refractivity contribution in [2.24, 2.45) is 0 Å². The second-order valence-electron chi connectivity index (χ2n) is 5.68. The van der Waals surface area contributed by atoms with Crippen LogP contribution in [-0.4, -0.2) is 42.4 Å². The van der Waals surface area contributed by atoms with Gasteiger partial charge in [0.25, 0.3) is 0 Å². The maximum Gasteiger partial charge on any atom is 0.124 e. The van der Waals surface area contributed by atoms with Gasteiger partial charge in [-0.25, -0.2) is 0 Å². The van der Waals surface area contributed by atoms with Crippen molar-refractivity contribution in [3.8, 4) is 11.5 Å². The molecule has 0 amide bonds. The van der Waals surface area contributed by atoms with Gasteiger partial charge in [0, 0.05) is 30.8 Å². The number of morpholine rings is 1. The summed E-state index contributed by atoms with van der Waals surface area (Å²) < 4.78 is 10.8. The number of nitrogens with zero attached hydrogens (tertiary/aromatic N) is 1. The van der Waals surface area contributed by atoms with Crippen LogP contribution in [0.15, 0.2) is 18.2 Å². The summed E-state index contributed by atoms with van der Waals surface area (Å²) in [5.41, 5.74) is 0.799. The molecule has 0 saturated carbocycles. The summed E-state index contributed by atoms with van der Waals surface area (Å²) in [6, 6.07) is 5.64. The number of phenolic OH excluding ortho intramolecular Hbond substituents is 1. The van der Waals surface area contributed by atoms with Crippen molar-refractivity contribution in [1.82, 2.24) is 4.90 Å². The highest BCUT2D eigenvalue weighted by atomic mass is 16.5. The number of rotatable bonds is 3. The molecule has 1 atom stereocenters. The van der Waals surface area contributed by atoms with Crippen LogP contribution >= 0.6 is 0 Å². The van der Waals surface area contributed by atoms with Gasteiger partial charge >= 0.3 is 0 Å². The van der Waals surface area contributed by atoms with Gasteiger partial charge in [-0.3, -0.25) is 4.90 Å². The minimum Gasteiger partial charge on any atom is -0.507 e. The lowest BCUT2D eigenvalue weighted by Crippen LogP contribution is -2.48. The third-order valence-corrected chi connectivity index (χ3v) is 3.69. The van der Waals surface area contributed by atoms with Crippen LogP contribution < -0.4 is 4.74 Å². The Bertz CT molecular complexity index is 445. The van der Waals surface area contributed by atoms with E-state index < -0.39 is 0 Å². The second-order valence-corrected chi connectivity index (χ2v) is 5.68. The fourth-order valence-electron chi connectivity index (χ4n) is 2.58. The highest BCUT2D eigenvalue weighted by Gasteiger charge is 2.30. The van der Waals surface area contributed by atoms with Gasteiger partial charge < -0.3 is 14.6 Å². The molecular formula is C15H23NO3. The molecule has 1 aromatic carbocycles. The van der Waals surface area contributed by atoms with Crippen LogP contribution in [-0.2, 0) is 4.74 Å². The molecule has 4 heteroatoms. The molecule has 1 saturated heterocycles. The molecular weight excluding hydrogens is 242 g/mol. The summed E-state index contributed by atoms with van der Waals surface area (Å²) in [4.78, 5) is 2.34. The lowest BCUT2D eigenvalue weighted by atomic mass is 10.0. The topological polar surface area (TPSA) is 41.9 Å². The zero-order chi connectivity index (χ0) is 14.0. The lowest BCUT2D eigenvalue weighted by Gasteiger charge is -2.41. The van der Waals surface area contributed by atoms with E-state index in [1.807, 2.05) is 12.1 Å². The maximum atomic E-state index is 10.1. The molecule has 0 bridgehead atoms. The van der Waals surface area contributed by atoms with Gasteiger partial charge in [-0.05, 0) is 26.8 Å². The van der Waals surface area contributed by atoms with E-state index >= 15 is 0 Å². The van der Waals surface area contributed by atoms with E-state index in [0.717, 1.165) is 25.3 Å². The van der Waals surface area contributed by atoms with Crippen molar-refractivity contribution >= 4 is 0 Å². The minimum atomic E-state index is -0.130. The highest BCUT2D eigenvalue weighted by molar-refractivity contribution is 5.41. The van der Waals surface area contributed by atoms with E-state index in [2.05, 4.69) is 25.7 Å². The SMILES string of the molecule is COc1ccc(C(C)N2CCOC(C)(C)C2)c(O)c1. The first kappa shape index (κ1) is 14.2. The Hall–Kier alpha value is -1.26. The Morgan fingerprint density at radius 3 is 2.74 bits per heavy atom. The van der Waals surface area contributed by atoms with Crippen molar-refractivity contribution in [3.63, 3.8) is 0 Å². The third-order valence-electron chi connectivity index (χ3n) is 3.69. The minimum absolute atomic E-state index is 0.130. The van der Waals surface area contributed by atoms with Crippen LogP contribution in [0.5, 0.6) is 11.5 Å². The fraction of sp³-hybridized carbons (Fsp3) is 0.600. The Kier molecular flexibility index (Phi) is 4.02. The van der Waals surface area contributed by atoms with E-state index in [9.17, 15) is 5.11 Å². The molecule has 1 fully saturated rings. The van der Waals surface area contributed by atoms with Crippen LogP contribution in [0.3, 0.4) is 0 Å². The monoisotopic (exact) mass is 265 g/mol. The highest BCUT2D eigenvalue weighted by Crippen LogP contribution is 2.33. The molecule has 1 aliphatic rings. The first-order valence-corrected chi connectivity index (χ1v) is 6.68. The molecule has 0 aliphatic carbocycles. The van der Waals surface area contributed by atoms with Crippen LogP contribution in [0.4, 0.5) is 0 Å². The van der Waals surface area contributed by atoms with Gasteiger partial charge in [-0.2, -0.15) is 0 Å². The van der Waals surface area contributed by atoms with Gasteiger partial charge in [0.1, 0.15) is 11.5 Å². The number of ether oxygens (including phenoxy) is 2. The molecule has 1 aromatic rings. The summed E-state index contributed by atoms with van der Waals surface area (Å²) in [6.07, 6.45) is 0. The number of hydrogen-bond acceptors (Lipinski definition) is 4. The van der Waals surface area contributed by atoms with Crippen molar-refractivity contribution < 1.29 is 14.6 Å². The van der Waals surface area contributed by atoms with E-state index in [1.54, 1.807) is 13.2 Å². The summed E-state index contributed by atoms with van der Waals surface area (Å²) in [6.45, 7) is 8.78. The Labute approximate surface area is 114 Å². The molecule has 1 N–H and O–H groups in total. The first-order valence-electron chi connectivity index (χ1n) is 6.68. The summed E-state index contributed by atoms with van der Waals surface area (Å²) in [5.74, 6) is 0.965. The number of methoxy groups -OCH3 is 1. The number of benzene rings is 1. The van der Waals surface area contributed by atoms with Gasteiger partial charge in [0.05, 0.1) is 19.3 Å². The fourth-order valence-corrected chi connectivity index (χ4v) is 2.58. The lowest BCUT2D eigenvalue weighted by molar-refractivity contribution is -0.0960. The zero-order valence-electron chi connectivity index (χ0n) is 12.1. The second kappa shape index (κ2) is 5.39. The van der Waals surface area contributed by atoms with Crippen LogP contribution in [0, 0.1) is 0 Å². The molecule has 1 heterocycles. The van der Waals surface area contributed by atoms with E-state index in [1.165, 1.54) is 0 Å². The van der Waals surface area contributed by atoms with Gasteiger partial charge in [-0.1, -0.05) is 6.07 Å². The average molecular weight is 265 g/mol. The smallest absolute Gasteiger partial charge is 0.124 e. The largest absolute Gasteiger partial charge is 0.507 e. The normalized spacial score (nSPS) is 21.1. The maximum absolute atomic E-state index is 10.1. The van der Waals surface area contributed by atoms with Gasteiger partial charge in [-0.15, -0.1) is 0 Å². The molecule has 4 nitrogen and oxygen atoms in total. The number of phenols is 1. The molecule has 19 heavy (non-hydrogen) atoms. The molecule has 0 radical (unpaired) electrons. The van der Waals surface area contributed by atoms with Crippen LogP contribution in [0.25, 0.3) is 0 Å². The molecule has 1 unspecified atom stereocenters. The summed E-state index contributed by atoms with van der Waals surface area (Å²) in [7, 11) is 1.60. The van der Waals surface area contributed by atoms with Crippen LogP contribution in [0.1, 0.15) is 32.4 Å². The third kappa shape index (κ3) is 3.19. The van der Waals surface area contributed by atoms with E-state index in [4.69, 9.17) is 9.47 Å². The predicted octanol–water partition coefficient (Wildman–Crippen LogP) is 2.57. The van der Waals surface area contributed by atoms with Crippen LogP contribution in [0.2, 0.25) is 0 Å². The molecule has 0 aromatic heterocycles. The van der Waals surface area contributed by atoms with Crippen molar-refractivity contribution in [1.29, 1.82) is 0 Å². The van der Waals surface area contributed by atoms with Crippen molar-refractivity contribution in [2.75, 3.05) is 26.8 Å². The predicted molar refractivity (Wildman–Crippen MR) is 74.7 cm³/mol. The zero-order valence-corrected chi connectivity index (χ0v) is 12.1. The molecule has 0 spiro atoms. The molecule has 2 rings (SSSR count). The van der Waals surface area contributed by atoms with Gasteiger partial charge in [0.15, 0.2) is 0 Å². The van der Waals surface area contributed by atoms with Gasteiger partial charge in [0.2, 0.25) is 0 Å². The average Bonchev–Trinajstić information content (AvgIpc) is 2.36. The standard InChI is InChI=1S/C15H23NO3/c1-11(16-7-8-19-15(2,3)10-16)13-6-5-12(18-4)9-14(13)17/h5-6,9,11,17H,7-8,10H2,1-4H3. The van der Waals surface area contributed by atoms with Crippen molar-refractivity contribution in [2.45, 2.75) is 32.4 Å². The Balaban J connectivity index is 2.17. The first-order chi connectivity index (χ1) is 8.93.